The summed E-state index contributed by atoms with van der Waals surface area (Å²) in [6.45, 7) is 0.707. The quantitative estimate of drug-likeness (QED) is 0.648. The zero-order valence-corrected chi connectivity index (χ0v) is 12.3. The number of benzene rings is 1. The number of thioether (sulfide) groups is 1. The molecule has 5 nitrogen and oxygen atoms in total. The van der Waals surface area contributed by atoms with Crippen molar-refractivity contribution in [3.8, 4) is 11.5 Å². The van der Waals surface area contributed by atoms with Gasteiger partial charge in [-0.05, 0) is 13.0 Å². The van der Waals surface area contributed by atoms with Gasteiger partial charge in [0.2, 0.25) is 0 Å². The fraction of sp³-hybridized carbons (Fsp3) is 0.462. The van der Waals surface area contributed by atoms with Gasteiger partial charge in [-0.15, -0.1) is 0 Å². The second kappa shape index (κ2) is 6.16. The Morgan fingerprint density at radius 1 is 1.26 bits per heavy atom. The largest absolute Gasteiger partial charge is 0.493 e. The molecule has 0 aliphatic carbocycles. The fourth-order valence-electron chi connectivity index (χ4n) is 1.87. The van der Waals surface area contributed by atoms with Crippen LogP contribution in [0.25, 0.3) is 11.0 Å². The molecule has 0 saturated heterocycles. The Hall–Kier alpha value is -1.40. The molecule has 0 aliphatic rings. The molecule has 0 unspecified atom stereocenters. The maximum Gasteiger partial charge on any atom is 0.168 e. The van der Waals surface area contributed by atoms with Crippen LogP contribution in [0.5, 0.6) is 11.5 Å². The van der Waals surface area contributed by atoms with Gasteiger partial charge in [-0.1, -0.05) is 11.8 Å². The monoisotopic (exact) mass is 281 g/mol. The standard InChI is InChI=1S/C13H19N3O2S/c1-16-10-8-12(18-3)11(17-2)7-9(10)15-13(16)19-6-4-5-14/h7-8H,4-6,14H2,1-3H3. The Morgan fingerprint density at radius 3 is 2.58 bits per heavy atom. The minimum Gasteiger partial charge on any atom is -0.493 e. The molecule has 0 bridgehead atoms. The number of hydrogen-bond acceptors (Lipinski definition) is 5. The van der Waals surface area contributed by atoms with Crippen LogP contribution < -0.4 is 15.2 Å². The molecule has 19 heavy (non-hydrogen) atoms. The maximum atomic E-state index is 5.51. The number of aryl methyl sites for hydroxylation is 1. The molecule has 0 atom stereocenters. The molecule has 2 aromatic rings. The van der Waals surface area contributed by atoms with E-state index >= 15 is 0 Å². The summed E-state index contributed by atoms with van der Waals surface area (Å²) >= 11 is 1.71. The van der Waals surface area contributed by atoms with Crippen LogP contribution in [-0.2, 0) is 7.05 Å². The van der Waals surface area contributed by atoms with Crippen LogP contribution in [0.15, 0.2) is 17.3 Å². The van der Waals surface area contributed by atoms with E-state index in [0.29, 0.717) is 12.3 Å². The number of rotatable bonds is 6. The second-order valence-electron chi connectivity index (χ2n) is 4.14. The van der Waals surface area contributed by atoms with E-state index in [0.717, 1.165) is 34.1 Å². The van der Waals surface area contributed by atoms with E-state index in [1.807, 2.05) is 19.2 Å². The molecular weight excluding hydrogens is 262 g/mol. The van der Waals surface area contributed by atoms with Gasteiger partial charge in [-0.25, -0.2) is 4.98 Å². The average molecular weight is 281 g/mol. The maximum absolute atomic E-state index is 5.51. The number of nitrogens with two attached hydrogens (primary N) is 1. The number of fused-ring (bicyclic) bond motifs is 1. The Labute approximate surface area is 117 Å². The van der Waals surface area contributed by atoms with E-state index in [2.05, 4.69) is 9.55 Å². The number of aromatic nitrogens is 2. The van der Waals surface area contributed by atoms with Gasteiger partial charge in [-0.2, -0.15) is 0 Å². The lowest BCUT2D eigenvalue weighted by Crippen LogP contribution is -2.00. The number of imidazole rings is 1. The third-order valence-electron chi connectivity index (χ3n) is 2.92. The van der Waals surface area contributed by atoms with Gasteiger partial charge >= 0.3 is 0 Å². The normalized spacial score (nSPS) is 10.9. The summed E-state index contributed by atoms with van der Waals surface area (Å²) in [5.74, 6) is 2.39. The minimum absolute atomic E-state index is 0.701. The van der Waals surface area contributed by atoms with Crippen molar-refractivity contribution in [1.29, 1.82) is 0 Å². The van der Waals surface area contributed by atoms with Crippen molar-refractivity contribution >= 4 is 22.8 Å². The SMILES string of the molecule is COc1cc2nc(SCCCN)n(C)c2cc1OC. The Morgan fingerprint density at radius 2 is 1.95 bits per heavy atom. The molecular formula is C13H19N3O2S. The number of hydrogen-bond donors (Lipinski definition) is 1. The smallest absolute Gasteiger partial charge is 0.168 e. The van der Waals surface area contributed by atoms with Crippen molar-refractivity contribution in [2.75, 3.05) is 26.5 Å². The van der Waals surface area contributed by atoms with E-state index < -0.39 is 0 Å². The topological polar surface area (TPSA) is 62.3 Å². The van der Waals surface area contributed by atoms with Crippen molar-refractivity contribution in [3.63, 3.8) is 0 Å². The van der Waals surface area contributed by atoms with Gasteiger partial charge in [0.25, 0.3) is 0 Å². The molecule has 2 N–H and O–H groups in total. The van der Waals surface area contributed by atoms with E-state index in [1.54, 1.807) is 26.0 Å². The first kappa shape index (κ1) is 14.0. The van der Waals surface area contributed by atoms with Crippen molar-refractivity contribution in [2.45, 2.75) is 11.6 Å². The molecule has 0 aliphatic heterocycles. The van der Waals surface area contributed by atoms with Crippen LogP contribution in [0.3, 0.4) is 0 Å². The predicted molar refractivity (Wildman–Crippen MR) is 78.2 cm³/mol. The second-order valence-corrected chi connectivity index (χ2v) is 5.20. The van der Waals surface area contributed by atoms with Gasteiger partial charge in [0.05, 0.1) is 25.3 Å². The van der Waals surface area contributed by atoms with Gasteiger partial charge in [-0.3, -0.25) is 0 Å². The molecule has 2 rings (SSSR count). The van der Waals surface area contributed by atoms with Crippen LogP contribution in [-0.4, -0.2) is 36.1 Å². The highest BCUT2D eigenvalue weighted by molar-refractivity contribution is 7.99. The summed E-state index contributed by atoms with van der Waals surface area (Å²) < 4.78 is 12.7. The summed E-state index contributed by atoms with van der Waals surface area (Å²) in [5, 5.41) is 0.985. The number of ether oxygens (including phenoxy) is 2. The van der Waals surface area contributed by atoms with Gasteiger partial charge in [0.1, 0.15) is 0 Å². The zero-order chi connectivity index (χ0) is 13.8. The molecule has 0 spiro atoms. The van der Waals surface area contributed by atoms with Crippen molar-refractivity contribution in [2.24, 2.45) is 12.8 Å². The van der Waals surface area contributed by atoms with Crippen molar-refractivity contribution in [3.05, 3.63) is 12.1 Å². The minimum atomic E-state index is 0.701. The van der Waals surface area contributed by atoms with Crippen LogP contribution in [0.1, 0.15) is 6.42 Å². The number of methoxy groups -OCH3 is 2. The van der Waals surface area contributed by atoms with Crippen LogP contribution >= 0.6 is 11.8 Å². The van der Waals surface area contributed by atoms with Crippen LogP contribution in [0.2, 0.25) is 0 Å². The fourth-order valence-corrected chi connectivity index (χ4v) is 2.82. The molecule has 0 radical (unpaired) electrons. The lowest BCUT2D eigenvalue weighted by molar-refractivity contribution is 0.355. The van der Waals surface area contributed by atoms with E-state index in [-0.39, 0.29) is 0 Å². The van der Waals surface area contributed by atoms with Gasteiger partial charge < -0.3 is 19.8 Å². The zero-order valence-electron chi connectivity index (χ0n) is 11.5. The van der Waals surface area contributed by atoms with Crippen molar-refractivity contribution in [1.82, 2.24) is 9.55 Å². The van der Waals surface area contributed by atoms with Crippen LogP contribution in [0, 0.1) is 0 Å². The first-order valence-electron chi connectivity index (χ1n) is 6.12. The third kappa shape index (κ3) is 2.79. The first-order valence-corrected chi connectivity index (χ1v) is 7.11. The summed E-state index contributed by atoms with van der Waals surface area (Å²) in [7, 11) is 5.27. The molecule has 0 fully saturated rings. The summed E-state index contributed by atoms with van der Waals surface area (Å²) in [4.78, 5) is 4.62. The Bertz CT molecular complexity index is 569. The molecule has 0 saturated carbocycles. The number of nitrogens with zero attached hydrogens (tertiary/aromatic N) is 2. The molecule has 1 aromatic carbocycles. The molecule has 0 amide bonds. The van der Waals surface area contributed by atoms with Gasteiger partial charge in [0, 0.05) is 24.9 Å². The highest BCUT2D eigenvalue weighted by atomic mass is 32.2. The lowest BCUT2D eigenvalue weighted by Gasteiger charge is -2.07. The van der Waals surface area contributed by atoms with E-state index in [1.165, 1.54) is 0 Å². The molecule has 1 aromatic heterocycles. The van der Waals surface area contributed by atoms with Crippen LogP contribution in [0.4, 0.5) is 0 Å². The van der Waals surface area contributed by atoms with E-state index in [9.17, 15) is 0 Å². The van der Waals surface area contributed by atoms with E-state index in [4.69, 9.17) is 15.2 Å². The Balaban J connectivity index is 2.39. The predicted octanol–water partition coefficient (Wildman–Crippen LogP) is 2.03. The highest BCUT2D eigenvalue weighted by Gasteiger charge is 2.13. The third-order valence-corrected chi connectivity index (χ3v) is 4.04. The first-order chi connectivity index (χ1) is 9.21. The summed E-state index contributed by atoms with van der Waals surface area (Å²) in [6.07, 6.45) is 0.987. The Kier molecular flexibility index (Phi) is 4.55. The lowest BCUT2D eigenvalue weighted by atomic mass is 10.2. The highest BCUT2D eigenvalue weighted by Crippen LogP contribution is 2.33. The van der Waals surface area contributed by atoms with Crippen molar-refractivity contribution < 1.29 is 9.47 Å². The molecule has 1 heterocycles. The average Bonchev–Trinajstić information content (AvgIpc) is 2.74. The summed E-state index contributed by atoms with van der Waals surface area (Å²) in [5.41, 5.74) is 7.46. The molecule has 104 valence electrons. The summed E-state index contributed by atoms with van der Waals surface area (Å²) in [6, 6.07) is 3.86. The van der Waals surface area contributed by atoms with Gasteiger partial charge in [0.15, 0.2) is 16.7 Å². The molecule has 6 heteroatoms.